The molecule has 4 rings (SSSR count). The molecule has 4 aliphatic rings. The van der Waals surface area contributed by atoms with Crippen molar-refractivity contribution in [3.8, 4) is 0 Å². The zero-order valence-corrected chi connectivity index (χ0v) is 28.8. The van der Waals surface area contributed by atoms with Crippen LogP contribution in [0, 0.1) is 52.3 Å². The van der Waals surface area contributed by atoms with Crippen LogP contribution in [0.15, 0.2) is 0 Å². The summed E-state index contributed by atoms with van der Waals surface area (Å²) in [7, 11) is -4.42. The number of nitrogens with one attached hydrogen (secondary N) is 2. The molecule has 4 saturated carbocycles. The molecule has 9 unspecified atom stereocenters. The average molecular weight is 611 g/mol. The lowest BCUT2D eigenvalue weighted by Crippen LogP contribution is -2.55. The number of rotatable bonds is 16. The van der Waals surface area contributed by atoms with Crippen molar-refractivity contribution in [1.29, 1.82) is 0 Å². The summed E-state index contributed by atoms with van der Waals surface area (Å²) in [6.45, 7) is 17.4. The van der Waals surface area contributed by atoms with E-state index >= 15 is 0 Å². The van der Waals surface area contributed by atoms with Gasteiger partial charge in [0, 0.05) is 6.04 Å². The van der Waals surface area contributed by atoms with E-state index in [-0.39, 0.29) is 5.92 Å². The monoisotopic (exact) mass is 610 g/mol. The second-order valence-electron chi connectivity index (χ2n) is 16.0. The molecule has 6 nitrogen and oxygen atoms in total. The highest BCUT2D eigenvalue weighted by Crippen LogP contribution is 2.68. The lowest BCUT2D eigenvalue weighted by atomic mass is 9.44. The Morgan fingerprint density at radius 1 is 0.857 bits per heavy atom. The highest BCUT2D eigenvalue weighted by molar-refractivity contribution is 7.80. The van der Waals surface area contributed by atoms with Crippen LogP contribution in [0.3, 0.4) is 0 Å². The van der Waals surface area contributed by atoms with E-state index in [1.54, 1.807) is 0 Å². The van der Waals surface area contributed by atoms with Gasteiger partial charge in [-0.15, -0.1) is 0 Å². The molecule has 7 heteroatoms. The van der Waals surface area contributed by atoms with Gasteiger partial charge in [-0.2, -0.15) is 8.42 Å². The van der Waals surface area contributed by atoms with Gasteiger partial charge in [0.15, 0.2) is 0 Å². The Balaban J connectivity index is 1.28. The summed E-state index contributed by atoms with van der Waals surface area (Å²) in [6.07, 6.45) is 18.8. The molecular formula is C35H66N2O4S. The van der Waals surface area contributed by atoms with E-state index in [1.165, 1.54) is 90.0 Å². The molecule has 0 bridgehead atoms. The Morgan fingerprint density at radius 2 is 1.57 bits per heavy atom. The first-order chi connectivity index (χ1) is 19.9. The van der Waals surface area contributed by atoms with Crippen LogP contribution in [0.1, 0.15) is 138 Å². The van der Waals surface area contributed by atoms with Gasteiger partial charge in [-0.1, -0.05) is 54.4 Å². The maximum Gasteiger partial charge on any atom is 0.397 e. The van der Waals surface area contributed by atoms with Crippen LogP contribution < -0.4 is 10.6 Å². The van der Waals surface area contributed by atoms with Crippen molar-refractivity contribution < 1.29 is 17.2 Å². The van der Waals surface area contributed by atoms with Crippen molar-refractivity contribution in [2.24, 2.45) is 52.3 Å². The predicted octanol–water partition coefficient (Wildman–Crippen LogP) is 8.03. The first-order valence-electron chi connectivity index (χ1n) is 18.0. The van der Waals surface area contributed by atoms with Crippen molar-refractivity contribution >= 4 is 10.4 Å². The molecule has 0 radical (unpaired) electrons. The number of hydrogen-bond donors (Lipinski definition) is 3. The Labute approximate surface area is 259 Å². The van der Waals surface area contributed by atoms with Gasteiger partial charge < -0.3 is 10.6 Å². The fourth-order valence-corrected chi connectivity index (χ4v) is 11.5. The number of hydrogen-bond acceptors (Lipinski definition) is 5. The van der Waals surface area contributed by atoms with Crippen LogP contribution in [0.25, 0.3) is 0 Å². The van der Waals surface area contributed by atoms with E-state index in [0.717, 1.165) is 43.2 Å². The molecule has 0 aromatic carbocycles. The summed E-state index contributed by atoms with van der Waals surface area (Å²) >= 11 is 0. The van der Waals surface area contributed by atoms with Crippen molar-refractivity contribution in [3.05, 3.63) is 0 Å². The minimum Gasteiger partial charge on any atom is -0.317 e. The minimum atomic E-state index is -4.42. The Hall–Kier alpha value is -0.210. The molecule has 0 spiro atoms. The summed E-state index contributed by atoms with van der Waals surface area (Å²) in [5, 5.41) is 7.57. The van der Waals surface area contributed by atoms with Crippen LogP contribution in [-0.4, -0.2) is 44.8 Å². The quantitative estimate of drug-likeness (QED) is 0.121. The lowest BCUT2D eigenvalue weighted by molar-refractivity contribution is -0.118. The van der Waals surface area contributed by atoms with Crippen molar-refractivity contribution in [3.63, 3.8) is 0 Å². The van der Waals surface area contributed by atoms with Crippen LogP contribution >= 0.6 is 0 Å². The molecule has 4 aliphatic carbocycles. The standard InChI is InChI=1S/C35H66N2O4S/c1-7-8-9-21-36-22-10-23-37-28-17-19-34(5)27(24-28)12-13-29-31-15-14-30(35(31,6)20-18-32(29)34)26(4)11-16-33(25(2)3)41-42(38,39)40/h25-33,36-37H,7-24H2,1-6H3,(H,38,39,40)/t26-,27?,28?,29?,30?,31?,32?,33?,34?,35?/m1/s1. The van der Waals surface area contributed by atoms with Crippen molar-refractivity contribution in [2.45, 2.75) is 150 Å². The molecule has 0 aromatic rings. The number of unbranched alkanes of at least 4 members (excludes halogenated alkanes) is 2. The molecule has 0 heterocycles. The molecule has 10 atom stereocenters. The van der Waals surface area contributed by atoms with Crippen LogP contribution in [0.5, 0.6) is 0 Å². The van der Waals surface area contributed by atoms with Gasteiger partial charge >= 0.3 is 10.4 Å². The summed E-state index contributed by atoms with van der Waals surface area (Å²) in [6, 6.07) is 0.713. The SMILES string of the molecule is CCCCCNCCCNC1CCC2(C)C(CCC3C2CCC2(C)C3CCC2[C@H](C)CCC(OS(=O)(=O)O)C(C)C)C1. The van der Waals surface area contributed by atoms with E-state index in [1.807, 2.05) is 13.8 Å². The molecule has 4 fully saturated rings. The van der Waals surface area contributed by atoms with Crippen LogP contribution in [0.2, 0.25) is 0 Å². The zero-order valence-electron chi connectivity index (χ0n) is 28.0. The third-order valence-electron chi connectivity index (χ3n) is 13.2. The van der Waals surface area contributed by atoms with Gasteiger partial charge in [0.2, 0.25) is 0 Å². The molecule has 0 saturated heterocycles. The number of fused-ring (bicyclic) bond motifs is 5. The molecule has 3 N–H and O–H groups in total. The largest absolute Gasteiger partial charge is 0.397 e. The van der Waals surface area contributed by atoms with Gasteiger partial charge in [0.1, 0.15) is 0 Å². The maximum atomic E-state index is 11.4. The smallest absolute Gasteiger partial charge is 0.317 e. The van der Waals surface area contributed by atoms with Crippen molar-refractivity contribution in [1.82, 2.24) is 10.6 Å². The summed E-state index contributed by atoms with van der Waals surface area (Å²) in [5.41, 5.74) is 0.926. The van der Waals surface area contributed by atoms with E-state index < -0.39 is 16.5 Å². The second kappa shape index (κ2) is 14.9. The first kappa shape index (κ1) is 34.7. The van der Waals surface area contributed by atoms with E-state index in [2.05, 4.69) is 38.3 Å². The molecule has 0 aliphatic heterocycles. The fourth-order valence-electron chi connectivity index (χ4n) is 10.8. The molecule has 0 aromatic heterocycles. The topological polar surface area (TPSA) is 87.7 Å². The lowest BCUT2D eigenvalue weighted by Gasteiger charge is -2.61. The second-order valence-corrected chi connectivity index (χ2v) is 17.0. The normalized spacial score (nSPS) is 38.1. The molecule has 42 heavy (non-hydrogen) atoms. The highest BCUT2D eigenvalue weighted by atomic mass is 32.3. The maximum absolute atomic E-state index is 11.4. The summed E-state index contributed by atoms with van der Waals surface area (Å²) in [4.78, 5) is 0. The molecule has 246 valence electrons. The van der Waals surface area contributed by atoms with E-state index in [0.29, 0.717) is 35.1 Å². The van der Waals surface area contributed by atoms with Gasteiger partial charge in [-0.25, -0.2) is 4.18 Å². The van der Waals surface area contributed by atoms with Crippen LogP contribution in [0.4, 0.5) is 0 Å². The third-order valence-corrected chi connectivity index (χ3v) is 13.7. The third kappa shape index (κ3) is 8.13. The Kier molecular flexibility index (Phi) is 12.3. The van der Waals surface area contributed by atoms with Gasteiger partial charge in [-0.05, 0) is 155 Å². The van der Waals surface area contributed by atoms with E-state index in [4.69, 9.17) is 4.18 Å². The first-order valence-corrected chi connectivity index (χ1v) is 19.3. The average Bonchev–Trinajstić information content (AvgIpc) is 3.29. The van der Waals surface area contributed by atoms with Crippen LogP contribution in [-0.2, 0) is 14.6 Å². The van der Waals surface area contributed by atoms with Gasteiger partial charge in [0.05, 0.1) is 6.10 Å². The minimum absolute atomic E-state index is 0.0556. The molecule has 0 amide bonds. The van der Waals surface area contributed by atoms with Gasteiger partial charge in [0.25, 0.3) is 0 Å². The summed E-state index contributed by atoms with van der Waals surface area (Å²) < 4.78 is 37.1. The predicted molar refractivity (Wildman–Crippen MR) is 174 cm³/mol. The fraction of sp³-hybridized carbons (Fsp3) is 1.00. The zero-order chi connectivity index (χ0) is 30.5. The van der Waals surface area contributed by atoms with E-state index in [9.17, 15) is 13.0 Å². The highest BCUT2D eigenvalue weighted by Gasteiger charge is 2.60. The Bertz CT molecular complexity index is 943. The summed E-state index contributed by atoms with van der Waals surface area (Å²) in [5.74, 6) is 4.81. The van der Waals surface area contributed by atoms with Gasteiger partial charge in [-0.3, -0.25) is 4.55 Å². The Morgan fingerprint density at radius 3 is 2.29 bits per heavy atom. The van der Waals surface area contributed by atoms with Crippen molar-refractivity contribution in [2.75, 3.05) is 19.6 Å². The molecular weight excluding hydrogens is 544 g/mol.